The number of benzene rings is 1. The average Bonchev–Trinajstić information content (AvgIpc) is 2.66. The van der Waals surface area contributed by atoms with Gasteiger partial charge in [0.15, 0.2) is 0 Å². The van der Waals surface area contributed by atoms with Gasteiger partial charge in [-0.05, 0) is 19.4 Å². The minimum Gasteiger partial charge on any atom is -0.325 e. The predicted octanol–water partition coefficient (Wildman–Crippen LogP) is 2.89. The maximum atomic E-state index is 5.55. The van der Waals surface area contributed by atoms with Crippen molar-refractivity contribution in [1.29, 1.82) is 0 Å². The van der Waals surface area contributed by atoms with E-state index in [4.69, 9.17) is 5.73 Å². The van der Waals surface area contributed by atoms with Gasteiger partial charge >= 0.3 is 0 Å². The number of nitrogens with zero attached hydrogens (tertiary/aromatic N) is 1. The zero-order chi connectivity index (χ0) is 10.8. The van der Waals surface area contributed by atoms with Crippen LogP contribution in [0.3, 0.4) is 0 Å². The first kappa shape index (κ1) is 10.3. The van der Waals surface area contributed by atoms with Crippen molar-refractivity contribution in [1.82, 2.24) is 4.98 Å². The van der Waals surface area contributed by atoms with Crippen LogP contribution in [0, 0.1) is 13.8 Å². The molecule has 2 rings (SSSR count). The molecular weight excluding hydrogens is 204 g/mol. The second-order valence-electron chi connectivity index (χ2n) is 3.65. The third-order valence-electron chi connectivity index (χ3n) is 2.38. The van der Waals surface area contributed by atoms with Crippen molar-refractivity contribution in [3.05, 3.63) is 39.7 Å². The molecule has 0 aliphatic rings. The number of aryl methyl sites for hydroxylation is 2. The molecule has 0 atom stereocenters. The van der Waals surface area contributed by atoms with Gasteiger partial charge in [0.1, 0.15) is 5.01 Å². The van der Waals surface area contributed by atoms with Gasteiger partial charge in [-0.15, -0.1) is 11.3 Å². The normalized spacial score (nSPS) is 10.6. The molecule has 0 amide bonds. The zero-order valence-corrected chi connectivity index (χ0v) is 9.77. The number of aromatic nitrogens is 1. The van der Waals surface area contributed by atoms with Gasteiger partial charge in [0.05, 0.1) is 5.69 Å². The van der Waals surface area contributed by atoms with Crippen LogP contribution in [0.25, 0.3) is 11.3 Å². The second kappa shape index (κ2) is 4.13. The number of rotatable bonds is 2. The van der Waals surface area contributed by atoms with Crippen molar-refractivity contribution < 1.29 is 0 Å². The molecule has 0 saturated heterocycles. The Bertz CT molecular complexity index is 474. The molecule has 1 aromatic heterocycles. The fourth-order valence-electron chi connectivity index (χ4n) is 1.63. The van der Waals surface area contributed by atoms with E-state index < -0.39 is 0 Å². The highest BCUT2D eigenvalue weighted by atomic mass is 32.1. The molecule has 0 bridgehead atoms. The number of hydrogen-bond acceptors (Lipinski definition) is 3. The molecule has 0 aliphatic heterocycles. The van der Waals surface area contributed by atoms with E-state index in [2.05, 4.69) is 42.4 Å². The molecule has 2 nitrogen and oxygen atoms in total. The summed E-state index contributed by atoms with van der Waals surface area (Å²) in [6, 6.07) is 6.42. The Morgan fingerprint density at radius 1 is 1.33 bits per heavy atom. The quantitative estimate of drug-likeness (QED) is 0.841. The lowest BCUT2D eigenvalue weighted by molar-refractivity contribution is 1.04. The van der Waals surface area contributed by atoms with Gasteiger partial charge in [-0.3, -0.25) is 0 Å². The summed E-state index contributed by atoms with van der Waals surface area (Å²) >= 11 is 1.62. The van der Waals surface area contributed by atoms with Crippen LogP contribution in [-0.2, 0) is 6.54 Å². The summed E-state index contributed by atoms with van der Waals surface area (Å²) in [6.07, 6.45) is 0. The van der Waals surface area contributed by atoms with Crippen LogP contribution in [0.1, 0.15) is 16.1 Å². The highest BCUT2D eigenvalue weighted by Crippen LogP contribution is 2.25. The van der Waals surface area contributed by atoms with Crippen molar-refractivity contribution >= 4 is 11.3 Å². The first-order chi connectivity index (χ1) is 7.20. The van der Waals surface area contributed by atoms with Crippen LogP contribution in [0.4, 0.5) is 0 Å². The molecule has 15 heavy (non-hydrogen) atoms. The van der Waals surface area contributed by atoms with Gasteiger partial charge < -0.3 is 5.73 Å². The molecule has 0 radical (unpaired) electrons. The van der Waals surface area contributed by atoms with E-state index in [1.165, 1.54) is 16.7 Å². The fraction of sp³-hybridized carbons (Fsp3) is 0.250. The summed E-state index contributed by atoms with van der Waals surface area (Å²) in [5.41, 5.74) is 10.3. The first-order valence-electron chi connectivity index (χ1n) is 4.93. The summed E-state index contributed by atoms with van der Waals surface area (Å²) in [5.74, 6) is 0. The monoisotopic (exact) mass is 218 g/mol. The van der Waals surface area contributed by atoms with E-state index in [1.807, 2.05) is 0 Å². The third kappa shape index (κ3) is 2.08. The minimum atomic E-state index is 0.523. The minimum absolute atomic E-state index is 0.523. The predicted molar refractivity (Wildman–Crippen MR) is 64.9 cm³/mol. The Hall–Kier alpha value is -1.19. The Morgan fingerprint density at radius 2 is 2.13 bits per heavy atom. The largest absolute Gasteiger partial charge is 0.325 e. The van der Waals surface area contributed by atoms with Crippen LogP contribution < -0.4 is 5.73 Å². The lowest BCUT2D eigenvalue weighted by Crippen LogP contribution is -1.95. The summed E-state index contributed by atoms with van der Waals surface area (Å²) < 4.78 is 0. The van der Waals surface area contributed by atoms with Gasteiger partial charge in [-0.25, -0.2) is 4.98 Å². The van der Waals surface area contributed by atoms with E-state index in [1.54, 1.807) is 11.3 Å². The highest BCUT2D eigenvalue weighted by molar-refractivity contribution is 7.09. The van der Waals surface area contributed by atoms with Gasteiger partial charge in [0, 0.05) is 17.5 Å². The first-order valence-corrected chi connectivity index (χ1v) is 5.81. The number of hydrogen-bond donors (Lipinski definition) is 1. The topological polar surface area (TPSA) is 38.9 Å². The summed E-state index contributed by atoms with van der Waals surface area (Å²) in [5, 5.41) is 3.06. The van der Waals surface area contributed by atoms with E-state index in [9.17, 15) is 0 Å². The lowest BCUT2D eigenvalue weighted by atomic mass is 10.0. The maximum absolute atomic E-state index is 5.55. The van der Waals surface area contributed by atoms with Crippen molar-refractivity contribution in [2.45, 2.75) is 20.4 Å². The maximum Gasteiger partial charge on any atom is 0.107 e. The molecule has 1 aromatic carbocycles. The molecule has 0 spiro atoms. The molecular formula is C12H14N2S. The fourth-order valence-corrected chi connectivity index (χ4v) is 2.30. The van der Waals surface area contributed by atoms with Crippen molar-refractivity contribution in [3.63, 3.8) is 0 Å². The van der Waals surface area contributed by atoms with Crippen LogP contribution >= 0.6 is 11.3 Å². The molecule has 0 aliphatic carbocycles. The van der Waals surface area contributed by atoms with Crippen LogP contribution in [-0.4, -0.2) is 4.98 Å². The van der Waals surface area contributed by atoms with Crippen molar-refractivity contribution in [2.75, 3.05) is 0 Å². The summed E-state index contributed by atoms with van der Waals surface area (Å²) in [7, 11) is 0. The molecule has 78 valence electrons. The van der Waals surface area contributed by atoms with Gasteiger partial charge in [-0.2, -0.15) is 0 Å². The van der Waals surface area contributed by atoms with Gasteiger partial charge in [-0.1, -0.05) is 23.8 Å². The number of thiazole rings is 1. The second-order valence-corrected chi connectivity index (χ2v) is 4.59. The third-order valence-corrected chi connectivity index (χ3v) is 3.26. The zero-order valence-electron chi connectivity index (χ0n) is 8.95. The van der Waals surface area contributed by atoms with Gasteiger partial charge in [0.25, 0.3) is 0 Å². The standard InChI is InChI=1S/C12H14N2S/c1-8-3-4-10(9(2)5-8)11-7-15-12(6-13)14-11/h3-5,7H,6,13H2,1-2H3. The van der Waals surface area contributed by atoms with E-state index in [0.717, 1.165) is 10.7 Å². The molecule has 0 unspecified atom stereocenters. The Morgan fingerprint density at radius 3 is 2.73 bits per heavy atom. The van der Waals surface area contributed by atoms with E-state index >= 15 is 0 Å². The summed E-state index contributed by atoms with van der Waals surface area (Å²) in [6.45, 7) is 4.74. The molecule has 1 heterocycles. The molecule has 2 N–H and O–H groups in total. The Kier molecular flexibility index (Phi) is 2.84. The Balaban J connectivity index is 2.44. The van der Waals surface area contributed by atoms with Crippen molar-refractivity contribution in [3.8, 4) is 11.3 Å². The molecule has 3 heteroatoms. The van der Waals surface area contributed by atoms with E-state index in [-0.39, 0.29) is 0 Å². The Labute approximate surface area is 93.8 Å². The lowest BCUT2D eigenvalue weighted by Gasteiger charge is -2.03. The van der Waals surface area contributed by atoms with Gasteiger partial charge in [0.2, 0.25) is 0 Å². The van der Waals surface area contributed by atoms with Crippen LogP contribution in [0.15, 0.2) is 23.6 Å². The van der Waals surface area contributed by atoms with Crippen LogP contribution in [0.5, 0.6) is 0 Å². The smallest absolute Gasteiger partial charge is 0.107 e. The summed E-state index contributed by atoms with van der Waals surface area (Å²) in [4.78, 5) is 4.48. The van der Waals surface area contributed by atoms with Crippen LogP contribution in [0.2, 0.25) is 0 Å². The SMILES string of the molecule is Cc1ccc(-c2csc(CN)n2)c(C)c1. The molecule has 0 fully saturated rings. The van der Waals surface area contributed by atoms with Crippen molar-refractivity contribution in [2.24, 2.45) is 5.73 Å². The average molecular weight is 218 g/mol. The number of nitrogens with two attached hydrogens (primary N) is 1. The van der Waals surface area contributed by atoms with E-state index in [0.29, 0.717) is 6.54 Å². The highest BCUT2D eigenvalue weighted by Gasteiger charge is 2.05. The molecule has 0 saturated carbocycles. The molecule has 2 aromatic rings.